The molecule has 10 nitrogen and oxygen atoms in total. The van der Waals surface area contributed by atoms with E-state index in [4.69, 9.17) is 0 Å². The van der Waals surface area contributed by atoms with E-state index < -0.39 is 29.7 Å². The number of halogens is 4. The van der Waals surface area contributed by atoms with E-state index in [1.54, 1.807) is 6.07 Å². The summed E-state index contributed by atoms with van der Waals surface area (Å²) in [4.78, 5) is 27.3. The zero-order valence-corrected chi connectivity index (χ0v) is 19.0. The van der Waals surface area contributed by atoms with Crippen molar-refractivity contribution in [3.8, 4) is 0 Å². The first-order valence-corrected chi connectivity index (χ1v) is 10.3. The number of hydrogen-bond donors (Lipinski definition) is 2. The molecule has 0 spiro atoms. The molecule has 0 saturated carbocycles. The van der Waals surface area contributed by atoms with Crippen molar-refractivity contribution in [2.24, 2.45) is 4.99 Å². The van der Waals surface area contributed by atoms with Gasteiger partial charge in [0, 0.05) is 24.5 Å². The molecule has 0 aliphatic heterocycles. The Bertz CT molecular complexity index is 1090. The zero-order chi connectivity index (χ0) is 26.0. The maximum absolute atomic E-state index is 14.3. The van der Waals surface area contributed by atoms with Crippen molar-refractivity contribution >= 4 is 23.3 Å². The quantitative estimate of drug-likeness (QED) is 0.280. The number of carbonyl (C=O) groups is 2. The van der Waals surface area contributed by atoms with Crippen molar-refractivity contribution in [2.45, 2.75) is 45.1 Å². The SMILES string of the molecule is C=C(/C=C\N=C(C)CC(=O)Nc1ccc(CCC(F)Cn2cc(C(=O)NC)nn2)nn1)C(F)(F)F. The minimum Gasteiger partial charge on any atom is -0.354 e. The van der Waals surface area contributed by atoms with Gasteiger partial charge in [-0.2, -0.15) is 18.3 Å². The molecule has 2 rings (SSSR count). The van der Waals surface area contributed by atoms with Gasteiger partial charge in [-0.25, -0.2) is 9.07 Å². The largest absolute Gasteiger partial charge is 0.415 e. The van der Waals surface area contributed by atoms with Crippen LogP contribution in [0, 0.1) is 0 Å². The summed E-state index contributed by atoms with van der Waals surface area (Å²) in [6.07, 6.45) is -2.58. The molecule has 0 radical (unpaired) electrons. The van der Waals surface area contributed by atoms with Crippen LogP contribution < -0.4 is 10.6 Å². The fraction of sp³-hybridized carbons (Fsp3) is 0.381. The van der Waals surface area contributed by atoms with E-state index in [0.717, 1.165) is 6.20 Å². The smallest absolute Gasteiger partial charge is 0.354 e. The molecule has 0 bridgehead atoms. The zero-order valence-electron chi connectivity index (χ0n) is 19.0. The van der Waals surface area contributed by atoms with E-state index in [9.17, 15) is 27.2 Å². The van der Waals surface area contributed by atoms with Crippen LogP contribution in [0.3, 0.4) is 0 Å². The Balaban J connectivity index is 1.78. The molecular formula is C21H24F4N8O2. The van der Waals surface area contributed by atoms with Crippen molar-refractivity contribution in [2.75, 3.05) is 12.4 Å². The van der Waals surface area contributed by atoms with Gasteiger partial charge >= 0.3 is 6.18 Å². The second kappa shape index (κ2) is 12.5. The first-order valence-electron chi connectivity index (χ1n) is 10.3. The van der Waals surface area contributed by atoms with E-state index in [-0.39, 0.29) is 43.0 Å². The number of aliphatic imine (C=N–C) groups is 1. The molecule has 188 valence electrons. The normalized spacial score (nSPS) is 13.0. The topological polar surface area (TPSA) is 127 Å². The highest BCUT2D eigenvalue weighted by atomic mass is 19.4. The number of carbonyl (C=O) groups excluding carboxylic acids is 2. The van der Waals surface area contributed by atoms with Gasteiger partial charge in [0.15, 0.2) is 11.5 Å². The Kier molecular flexibility index (Phi) is 9.73. The van der Waals surface area contributed by atoms with Crippen LogP contribution in [0.25, 0.3) is 0 Å². The van der Waals surface area contributed by atoms with Crippen LogP contribution in [0.1, 0.15) is 35.9 Å². The lowest BCUT2D eigenvalue weighted by molar-refractivity contribution is -0.115. The Hall–Kier alpha value is -3.97. The summed E-state index contributed by atoms with van der Waals surface area (Å²) < 4.78 is 52.6. The van der Waals surface area contributed by atoms with Gasteiger partial charge in [-0.1, -0.05) is 11.8 Å². The fourth-order valence-corrected chi connectivity index (χ4v) is 2.59. The van der Waals surface area contributed by atoms with E-state index in [0.29, 0.717) is 11.8 Å². The van der Waals surface area contributed by atoms with Gasteiger partial charge in [0.25, 0.3) is 5.91 Å². The van der Waals surface area contributed by atoms with Crippen LogP contribution in [0.15, 0.2) is 47.7 Å². The molecule has 2 N–H and O–H groups in total. The highest BCUT2D eigenvalue weighted by molar-refractivity contribution is 6.05. The molecule has 0 aromatic carbocycles. The summed E-state index contributed by atoms with van der Waals surface area (Å²) in [6.45, 7) is 4.29. The summed E-state index contributed by atoms with van der Waals surface area (Å²) in [6, 6.07) is 3.08. The summed E-state index contributed by atoms with van der Waals surface area (Å²) in [5.41, 5.74) is -0.180. The lowest BCUT2D eigenvalue weighted by atomic mass is 10.1. The van der Waals surface area contributed by atoms with Gasteiger partial charge in [0.2, 0.25) is 5.91 Å². The van der Waals surface area contributed by atoms with Crippen molar-refractivity contribution < 1.29 is 27.2 Å². The molecule has 0 aliphatic carbocycles. The van der Waals surface area contributed by atoms with E-state index >= 15 is 0 Å². The molecule has 2 amide bonds. The molecule has 1 unspecified atom stereocenters. The second-order valence-corrected chi connectivity index (χ2v) is 7.38. The number of amides is 2. The molecule has 0 aliphatic rings. The van der Waals surface area contributed by atoms with Crippen LogP contribution >= 0.6 is 0 Å². The average molecular weight is 496 g/mol. The Morgan fingerprint density at radius 2 is 2.00 bits per heavy atom. The van der Waals surface area contributed by atoms with Crippen molar-refractivity contribution in [1.82, 2.24) is 30.5 Å². The fourth-order valence-electron chi connectivity index (χ4n) is 2.59. The number of alkyl halides is 4. The summed E-state index contributed by atoms with van der Waals surface area (Å²) in [5.74, 6) is -0.738. The minimum absolute atomic E-state index is 0.0774. The second-order valence-electron chi connectivity index (χ2n) is 7.38. The van der Waals surface area contributed by atoms with Gasteiger partial charge < -0.3 is 10.6 Å². The number of nitrogens with zero attached hydrogens (tertiary/aromatic N) is 6. The Morgan fingerprint density at radius 1 is 1.26 bits per heavy atom. The van der Waals surface area contributed by atoms with E-state index in [1.807, 2.05) is 0 Å². The number of anilines is 1. The summed E-state index contributed by atoms with van der Waals surface area (Å²) in [5, 5.41) is 20.1. The van der Waals surface area contributed by atoms with Gasteiger partial charge in [-0.05, 0) is 38.0 Å². The van der Waals surface area contributed by atoms with Gasteiger partial charge in [0.1, 0.15) is 6.17 Å². The Labute approximate surface area is 198 Å². The standard InChI is InChI=1S/C21H24F4N8O2/c1-13(21(23,24)25)8-9-27-14(2)10-19(34)28-18-7-6-16(29-31-18)5-4-15(22)11-33-12-17(30-32-33)20(35)26-3/h6-9,12,15H,1,4-5,10-11H2,2-3H3,(H,26,35)(H,28,31,34)/b9-8-,27-14?. The van der Waals surface area contributed by atoms with Crippen LogP contribution in [0.4, 0.5) is 23.4 Å². The summed E-state index contributed by atoms with van der Waals surface area (Å²) >= 11 is 0. The minimum atomic E-state index is -4.54. The lowest BCUT2D eigenvalue weighted by Gasteiger charge is -2.08. The molecular weight excluding hydrogens is 472 g/mol. The first kappa shape index (κ1) is 27.3. The lowest BCUT2D eigenvalue weighted by Crippen LogP contribution is -2.18. The summed E-state index contributed by atoms with van der Waals surface area (Å²) in [7, 11) is 1.45. The first-order chi connectivity index (χ1) is 16.5. The van der Waals surface area contributed by atoms with E-state index in [2.05, 4.69) is 42.7 Å². The maximum atomic E-state index is 14.3. The number of nitrogens with one attached hydrogen (secondary N) is 2. The third-order valence-corrected chi connectivity index (χ3v) is 4.44. The van der Waals surface area contributed by atoms with Crippen LogP contribution in [0.5, 0.6) is 0 Å². The van der Waals surface area contributed by atoms with Gasteiger partial charge in [0.05, 0.1) is 24.9 Å². The highest BCUT2D eigenvalue weighted by Gasteiger charge is 2.29. The van der Waals surface area contributed by atoms with Gasteiger partial charge in [-0.3, -0.25) is 14.6 Å². The molecule has 2 heterocycles. The highest BCUT2D eigenvalue weighted by Crippen LogP contribution is 2.24. The number of hydrogen-bond acceptors (Lipinski definition) is 7. The molecule has 1 atom stereocenters. The third-order valence-electron chi connectivity index (χ3n) is 4.44. The predicted molar refractivity (Wildman–Crippen MR) is 119 cm³/mol. The third kappa shape index (κ3) is 9.43. The van der Waals surface area contributed by atoms with Crippen molar-refractivity contribution in [3.63, 3.8) is 0 Å². The molecule has 35 heavy (non-hydrogen) atoms. The van der Waals surface area contributed by atoms with Crippen molar-refractivity contribution in [3.05, 3.63) is 54.1 Å². The monoisotopic (exact) mass is 496 g/mol. The number of rotatable bonds is 11. The van der Waals surface area contributed by atoms with Crippen LogP contribution in [-0.4, -0.2) is 62.1 Å². The number of aryl methyl sites for hydroxylation is 1. The predicted octanol–water partition coefficient (Wildman–Crippen LogP) is 2.82. The van der Waals surface area contributed by atoms with E-state index in [1.165, 1.54) is 30.9 Å². The maximum Gasteiger partial charge on any atom is 0.415 e. The molecule has 0 fully saturated rings. The van der Waals surface area contributed by atoms with Gasteiger partial charge in [-0.15, -0.1) is 10.2 Å². The molecule has 14 heteroatoms. The molecule has 2 aromatic heterocycles. The van der Waals surface area contributed by atoms with Crippen LogP contribution in [-0.2, 0) is 17.8 Å². The van der Waals surface area contributed by atoms with Crippen LogP contribution in [0.2, 0.25) is 0 Å². The van der Waals surface area contributed by atoms with Crippen molar-refractivity contribution in [1.29, 1.82) is 0 Å². The molecule has 0 saturated heterocycles. The average Bonchev–Trinajstić information content (AvgIpc) is 3.25. The number of aromatic nitrogens is 5. The Morgan fingerprint density at radius 3 is 2.63 bits per heavy atom. The number of allylic oxidation sites excluding steroid dienone is 2. The molecule has 2 aromatic rings.